The lowest BCUT2D eigenvalue weighted by Crippen LogP contribution is -2.41. The number of aromatic nitrogens is 1. The van der Waals surface area contributed by atoms with Crippen LogP contribution in [0, 0.1) is 0 Å². The summed E-state index contributed by atoms with van der Waals surface area (Å²) in [5.74, 6) is -0.0664. The molecule has 1 aliphatic heterocycles. The number of hydrogen-bond donors (Lipinski definition) is 1. The Hall–Kier alpha value is -1.89. The second-order valence-corrected chi connectivity index (χ2v) is 7.37. The maximum Gasteiger partial charge on any atom is 0.254 e. The monoisotopic (exact) mass is 371 g/mol. The quantitative estimate of drug-likeness (QED) is 0.811. The summed E-state index contributed by atoms with van der Waals surface area (Å²) in [6.07, 6.45) is 4.23. The average molecular weight is 372 g/mol. The number of likely N-dealkylation sites (tertiary alicyclic amines) is 1. The molecule has 5 nitrogen and oxygen atoms in total. The van der Waals surface area contributed by atoms with E-state index < -0.39 is 0 Å². The highest BCUT2D eigenvalue weighted by molar-refractivity contribution is 7.99. The Bertz CT molecular complexity index is 703. The van der Waals surface area contributed by atoms with Crippen LogP contribution in [0.25, 0.3) is 0 Å². The molecule has 0 aliphatic carbocycles. The summed E-state index contributed by atoms with van der Waals surface area (Å²) in [7, 11) is 1.78. The predicted molar refractivity (Wildman–Crippen MR) is 104 cm³/mol. The number of carbonyl (C=O) groups excluding carboxylic acids is 1. The molecule has 1 fully saturated rings. The van der Waals surface area contributed by atoms with Gasteiger partial charge in [0.25, 0.3) is 5.91 Å². The molecule has 1 saturated heterocycles. The molecule has 0 atom stereocenters. The zero-order chi connectivity index (χ0) is 18.2. The van der Waals surface area contributed by atoms with Gasteiger partial charge >= 0.3 is 0 Å². The average Bonchev–Trinajstić information content (AvgIpc) is 2.69. The largest absolute Gasteiger partial charge is 0.381 e. The summed E-state index contributed by atoms with van der Waals surface area (Å²) in [6, 6.07) is 13.6. The van der Waals surface area contributed by atoms with Crippen LogP contribution in [0.1, 0.15) is 23.2 Å². The summed E-state index contributed by atoms with van der Waals surface area (Å²) in [5, 5.41) is 3.77. The van der Waals surface area contributed by atoms with Crippen LogP contribution in [0.5, 0.6) is 0 Å². The number of benzene rings is 1. The van der Waals surface area contributed by atoms with Crippen LogP contribution >= 0.6 is 11.8 Å². The van der Waals surface area contributed by atoms with Crippen molar-refractivity contribution in [3.05, 3.63) is 54.2 Å². The van der Waals surface area contributed by atoms with Crippen LogP contribution in [-0.2, 0) is 4.74 Å². The molecular weight excluding hydrogens is 346 g/mol. The Balaban J connectivity index is 1.52. The van der Waals surface area contributed by atoms with Crippen LogP contribution in [0.15, 0.2) is 58.6 Å². The zero-order valence-electron chi connectivity index (χ0n) is 15.1. The Morgan fingerprint density at radius 3 is 2.73 bits per heavy atom. The summed E-state index contributed by atoms with van der Waals surface area (Å²) >= 11 is 1.51. The van der Waals surface area contributed by atoms with E-state index in [1.54, 1.807) is 19.4 Å². The van der Waals surface area contributed by atoms with E-state index in [0.717, 1.165) is 42.4 Å². The van der Waals surface area contributed by atoms with Gasteiger partial charge in [0, 0.05) is 44.4 Å². The summed E-state index contributed by atoms with van der Waals surface area (Å²) < 4.78 is 5.40. The SMILES string of the molecule is COC1CCN(CCNC(=O)c2cccnc2Sc2ccccc2)CC1. The van der Waals surface area contributed by atoms with E-state index >= 15 is 0 Å². The minimum atomic E-state index is -0.0664. The number of methoxy groups -OCH3 is 1. The van der Waals surface area contributed by atoms with Crippen molar-refractivity contribution >= 4 is 17.7 Å². The molecule has 6 heteroatoms. The van der Waals surface area contributed by atoms with Crippen molar-refractivity contribution in [3.8, 4) is 0 Å². The number of ether oxygens (including phenoxy) is 1. The van der Waals surface area contributed by atoms with E-state index in [9.17, 15) is 4.79 Å². The van der Waals surface area contributed by atoms with E-state index in [0.29, 0.717) is 18.2 Å². The smallest absolute Gasteiger partial charge is 0.254 e. The first-order chi connectivity index (χ1) is 12.8. The van der Waals surface area contributed by atoms with Crippen molar-refractivity contribution in [1.29, 1.82) is 0 Å². The lowest BCUT2D eigenvalue weighted by molar-refractivity contribution is 0.0413. The zero-order valence-corrected chi connectivity index (χ0v) is 15.9. The van der Waals surface area contributed by atoms with Crippen molar-refractivity contribution in [1.82, 2.24) is 15.2 Å². The number of carbonyl (C=O) groups is 1. The van der Waals surface area contributed by atoms with Gasteiger partial charge in [0.05, 0.1) is 11.7 Å². The number of nitrogens with zero attached hydrogens (tertiary/aromatic N) is 2. The number of amides is 1. The third kappa shape index (κ3) is 5.30. The van der Waals surface area contributed by atoms with E-state index in [1.807, 2.05) is 36.4 Å². The molecule has 0 bridgehead atoms. The number of rotatable bonds is 7. The van der Waals surface area contributed by atoms with Crippen LogP contribution in [0.3, 0.4) is 0 Å². The standard InChI is InChI=1S/C20H25N3O2S/c1-25-16-9-13-23(14-10-16)15-12-21-19(24)18-8-5-11-22-20(18)26-17-6-3-2-4-7-17/h2-8,11,16H,9-10,12-15H2,1H3,(H,21,24). The minimum absolute atomic E-state index is 0.0664. The van der Waals surface area contributed by atoms with Gasteiger partial charge in [0.15, 0.2) is 0 Å². The highest BCUT2D eigenvalue weighted by Gasteiger charge is 2.19. The van der Waals surface area contributed by atoms with Gasteiger partial charge in [0.1, 0.15) is 5.03 Å². The first kappa shape index (κ1) is 18.9. The number of nitrogens with one attached hydrogen (secondary N) is 1. The Morgan fingerprint density at radius 2 is 2.00 bits per heavy atom. The molecular formula is C20H25N3O2S. The maximum absolute atomic E-state index is 12.6. The third-order valence-corrected chi connectivity index (χ3v) is 5.58. The van der Waals surface area contributed by atoms with Gasteiger partial charge in [-0.05, 0) is 37.1 Å². The van der Waals surface area contributed by atoms with Gasteiger partial charge in [-0.2, -0.15) is 0 Å². The molecule has 1 aromatic carbocycles. The van der Waals surface area contributed by atoms with Gasteiger partial charge in [-0.1, -0.05) is 30.0 Å². The van der Waals surface area contributed by atoms with Crippen LogP contribution < -0.4 is 5.32 Å². The molecule has 1 amide bonds. The van der Waals surface area contributed by atoms with Crippen LogP contribution in [-0.4, -0.2) is 55.2 Å². The van der Waals surface area contributed by atoms with Crippen molar-refractivity contribution in [2.75, 3.05) is 33.3 Å². The van der Waals surface area contributed by atoms with E-state index in [1.165, 1.54) is 11.8 Å². The van der Waals surface area contributed by atoms with E-state index in [-0.39, 0.29) is 5.91 Å². The van der Waals surface area contributed by atoms with Crippen LogP contribution in [0.2, 0.25) is 0 Å². The first-order valence-corrected chi connectivity index (χ1v) is 9.79. The lowest BCUT2D eigenvalue weighted by Gasteiger charge is -2.31. The molecule has 2 aromatic rings. The summed E-state index contributed by atoms with van der Waals surface area (Å²) in [6.45, 7) is 3.55. The van der Waals surface area contributed by atoms with E-state index in [4.69, 9.17) is 4.74 Å². The van der Waals surface area contributed by atoms with Gasteiger partial charge < -0.3 is 15.0 Å². The molecule has 3 rings (SSSR count). The maximum atomic E-state index is 12.6. The second kappa shape index (κ2) is 9.71. The molecule has 1 aliphatic rings. The molecule has 1 N–H and O–H groups in total. The number of pyridine rings is 1. The van der Waals surface area contributed by atoms with Crippen molar-refractivity contribution in [2.45, 2.75) is 28.9 Å². The van der Waals surface area contributed by atoms with Crippen LogP contribution in [0.4, 0.5) is 0 Å². The fourth-order valence-corrected chi connectivity index (χ4v) is 3.94. The molecule has 0 unspecified atom stereocenters. The molecule has 0 saturated carbocycles. The fraction of sp³-hybridized carbons (Fsp3) is 0.400. The molecule has 0 radical (unpaired) electrons. The third-order valence-electron chi connectivity index (χ3n) is 4.56. The molecule has 1 aromatic heterocycles. The predicted octanol–water partition coefficient (Wildman–Crippen LogP) is 3.07. The highest BCUT2D eigenvalue weighted by Crippen LogP contribution is 2.28. The van der Waals surface area contributed by atoms with Crippen molar-refractivity contribution in [2.24, 2.45) is 0 Å². The number of piperidine rings is 1. The Kier molecular flexibility index (Phi) is 7.05. The van der Waals surface area contributed by atoms with E-state index in [2.05, 4.69) is 15.2 Å². The Morgan fingerprint density at radius 1 is 1.23 bits per heavy atom. The number of hydrogen-bond acceptors (Lipinski definition) is 5. The molecule has 0 spiro atoms. The highest BCUT2D eigenvalue weighted by atomic mass is 32.2. The van der Waals surface area contributed by atoms with Gasteiger partial charge in [-0.25, -0.2) is 4.98 Å². The van der Waals surface area contributed by atoms with Gasteiger partial charge in [-0.3, -0.25) is 4.79 Å². The molecule has 138 valence electrons. The second-order valence-electron chi connectivity index (χ2n) is 6.30. The van der Waals surface area contributed by atoms with Crippen molar-refractivity contribution in [3.63, 3.8) is 0 Å². The molecule has 2 heterocycles. The van der Waals surface area contributed by atoms with Crippen molar-refractivity contribution < 1.29 is 9.53 Å². The summed E-state index contributed by atoms with van der Waals surface area (Å²) in [4.78, 5) is 20.4. The van der Waals surface area contributed by atoms with Gasteiger partial charge in [0.2, 0.25) is 0 Å². The first-order valence-electron chi connectivity index (χ1n) is 8.97. The Labute approximate surface area is 159 Å². The topological polar surface area (TPSA) is 54.5 Å². The normalized spacial score (nSPS) is 15.7. The molecule has 26 heavy (non-hydrogen) atoms. The lowest BCUT2D eigenvalue weighted by atomic mass is 10.1. The summed E-state index contributed by atoms with van der Waals surface area (Å²) in [5.41, 5.74) is 0.624. The fourth-order valence-electron chi connectivity index (χ4n) is 3.04. The van der Waals surface area contributed by atoms with Gasteiger partial charge in [-0.15, -0.1) is 0 Å². The minimum Gasteiger partial charge on any atom is -0.381 e.